The quantitative estimate of drug-likeness (QED) is 0.777. The third-order valence-electron chi connectivity index (χ3n) is 5.10. The number of carbonyl (C=O) groups excluding carboxylic acids is 1. The van der Waals surface area contributed by atoms with Crippen molar-refractivity contribution in [3.8, 4) is 11.5 Å². The Kier molecular flexibility index (Phi) is 5.72. The van der Waals surface area contributed by atoms with Gasteiger partial charge in [-0.15, -0.1) is 0 Å². The Bertz CT molecular complexity index is 759. The molecule has 0 saturated heterocycles. The van der Waals surface area contributed by atoms with Crippen molar-refractivity contribution in [2.75, 3.05) is 33.9 Å². The second-order valence-corrected chi connectivity index (χ2v) is 8.91. The van der Waals surface area contributed by atoms with Crippen LogP contribution in [0.15, 0.2) is 23.1 Å². The molecular weight excluding hydrogens is 356 g/mol. The first-order valence-corrected chi connectivity index (χ1v) is 10.5. The number of hydrogen-bond acceptors (Lipinski definition) is 5. The van der Waals surface area contributed by atoms with Crippen LogP contribution in [0.25, 0.3) is 0 Å². The van der Waals surface area contributed by atoms with Crippen molar-refractivity contribution in [3.63, 3.8) is 0 Å². The minimum absolute atomic E-state index is 0.0948. The molecule has 0 unspecified atom stereocenters. The summed E-state index contributed by atoms with van der Waals surface area (Å²) >= 11 is 0. The fourth-order valence-corrected chi connectivity index (χ4v) is 4.56. The zero-order chi connectivity index (χ0) is 18.7. The number of sulfonamides is 1. The summed E-state index contributed by atoms with van der Waals surface area (Å²) in [4.78, 5) is 14.3. The molecule has 7 nitrogen and oxygen atoms in total. The topological polar surface area (TPSA) is 76.2 Å². The first-order chi connectivity index (χ1) is 12.4. The van der Waals surface area contributed by atoms with Gasteiger partial charge in [-0.25, -0.2) is 8.42 Å². The first-order valence-electron chi connectivity index (χ1n) is 9.01. The number of hydrogen-bond donors (Lipinski definition) is 0. The van der Waals surface area contributed by atoms with Crippen LogP contribution in [0.4, 0.5) is 0 Å². The number of rotatable bonds is 5. The number of likely N-dealkylation sites (N-methyl/N-ethyl adjacent to an activating group) is 2. The van der Waals surface area contributed by atoms with Crippen LogP contribution >= 0.6 is 0 Å². The average molecular weight is 382 g/mol. The predicted molar refractivity (Wildman–Crippen MR) is 96.9 cm³/mol. The van der Waals surface area contributed by atoms with Crippen LogP contribution in [0.1, 0.15) is 32.1 Å². The molecule has 0 spiro atoms. The summed E-state index contributed by atoms with van der Waals surface area (Å²) in [6, 6.07) is 4.73. The lowest BCUT2D eigenvalue weighted by molar-refractivity contribution is -0.132. The van der Waals surface area contributed by atoms with Crippen LogP contribution in [0.3, 0.4) is 0 Å². The third kappa shape index (κ3) is 3.96. The standard InChI is InChI=1S/C18H26N2O5S/c1-19(13-18(21)20(2)14-6-4-3-5-7-14)26(22,23)15-8-9-16-17(12-15)25-11-10-24-16/h8-9,12,14H,3-7,10-11,13H2,1-2H3. The molecule has 0 N–H and O–H groups in total. The molecule has 1 amide bonds. The fourth-order valence-electron chi connectivity index (χ4n) is 3.42. The van der Waals surface area contributed by atoms with Gasteiger partial charge in [-0.3, -0.25) is 4.79 Å². The second-order valence-electron chi connectivity index (χ2n) is 6.86. The largest absolute Gasteiger partial charge is 0.486 e. The highest BCUT2D eigenvalue weighted by molar-refractivity contribution is 7.89. The third-order valence-corrected chi connectivity index (χ3v) is 6.89. The van der Waals surface area contributed by atoms with E-state index >= 15 is 0 Å². The van der Waals surface area contributed by atoms with E-state index < -0.39 is 10.0 Å². The molecular formula is C18H26N2O5S. The number of carbonyl (C=O) groups is 1. The van der Waals surface area contributed by atoms with E-state index in [2.05, 4.69) is 0 Å². The molecule has 144 valence electrons. The van der Waals surface area contributed by atoms with Gasteiger partial charge in [0.25, 0.3) is 0 Å². The van der Waals surface area contributed by atoms with Gasteiger partial charge in [0.15, 0.2) is 11.5 Å². The molecule has 0 aromatic heterocycles. The zero-order valence-corrected chi connectivity index (χ0v) is 16.1. The minimum Gasteiger partial charge on any atom is -0.486 e. The van der Waals surface area contributed by atoms with Gasteiger partial charge in [0, 0.05) is 26.2 Å². The molecule has 2 aliphatic rings. The van der Waals surface area contributed by atoms with Gasteiger partial charge in [0.05, 0.1) is 11.4 Å². The number of fused-ring (bicyclic) bond motifs is 1. The van der Waals surface area contributed by atoms with Gasteiger partial charge in [-0.2, -0.15) is 4.31 Å². The van der Waals surface area contributed by atoms with Crippen molar-refractivity contribution in [2.24, 2.45) is 0 Å². The monoisotopic (exact) mass is 382 g/mol. The van der Waals surface area contributed by atoms with Crippen molar-refractivity contribution < 1.29 is 22.7 Å². The summed E-state index contributed by atoms with van der Waals surface area (Å²) in [7, 11) is -0.585. The van der Waals surface area contributed by atoms with Gasteiger partial charge in [0.1, 0.15) is 13.2 Å². The van der Waals surface area contributed by atoms with E-state index in [1.807, 2.05) is 0 Å². The van der Waals surface area contributed by atoms with E-state index in [-0.39, 0.29) is 23.4 Å². The molecule has 0 bridgehead atoms. The Balaban J connectivity index is 1.69. The van der Waals surface area contributed by atoms with Crippen molar-refractivity contribution in [1.82, 2.24) is 9.21 Å². The lowest BCUT2D eigenvalue weighted by atomic mass is 9.94. The Morgan fingerprint density at radius 1 is 1.08 bits per heavy atom. The molecule has 3 rings (SSSR count). The smallest absolute Gasteiger partial charge is 0.243 e. The Morgan fingerprint density at radius 2 is 1.73 bits per heavy atom. The molecule has 1 saturated carbocycles. The van der Waals surface area contributed by atoms with Crippen molar-refractivity contribution in [1.29, 1.82) is 0 Å². The average Bonchev–Trinajstić information content (AvgIpc) is 2.67. The number of ether oxygens (including phenoxy) is 2. The molecule has 8 heteroatoms. The molecule has 1 aliphatic carbocycles. The molecule has 1 fully saturated rings. The van der Waals surface area contributed by atoms with Crippen LogP contribution in [0.5, 0.6) is 11.5 Å². The van der Waals surface area contributed by atoms with Gasteiger partial charge in [-0.1, -0.05) is 19.3 Å². The molecule has 1 aromatic rings. The Hall–Kier alpha value is -1.80. The van der Waals surface area contributed by atoms with Crippen LogP contribution in [-0.2, 0) is 14.8 Å². The molecule has 26 heavy (non-hydrogen) atoms. The van der Waals surface area contributed by atoms with E-state index in [1.165, 1.54) is 25.6 Å². The number of benzene rings is 1. The summed E-state index contributed by atoms with van der Waals surface area (Å²) in [6.45, 7) is 0.655. The zero-order valence-electron chi connectivity index (χ0n) is 15.3. The summed E-state index contributed by atoms with van der Waals surface area (Å²) in [6.07, 6.45) is 5.42. The van der Waals surface area contributed by atoms with E-state index in [0.29, 0.717) is 24.7 Å². The van der Waals surface area contributed by atoms with E-state index in [1.54, 1.807) is 18.0 Å². The van der Waals surface area contributed by atoms with Crippen LogP contribution in [-0.4, -0.2) is 63.4 Å². The van der Waals surface area contributed by atoms with Crippen molar-refractivity contribution in [3.05, 3.63) is 18.2 Å². The maximum Gasteiger partial charge on any atom is 0.243 e. The normalized spacial score (nSPS) is 18.0. The predicted octanol–water partition coefficient (Wildman–Crippen LogP) is 1.87. The van der Waals surface area contributed by atoms with Crippen molar-refractivity contribution in [2.45, 2.75) is 43.0 Å². The summed E-state index contributed by atoms with van der Waals surface area (Å²) in [5.74, 6) is 0.767. The van der Waals surface area contributed by atoms with Gasteiger partial charge < -0.3 is 14.4 Å². The van der Waals surface area contributed by atoms with E-state index in [0.717, 1.165) is 30.0 Å². The van der Waals surface area contributed by atoms with E-state index in [4.69, 9.17) is 9.47 Å². The minimum atomic E-state index is -3.78. The lowest BCUT2D eigenvalue weighted by Crippen LogP contribution is -2.44. The number of amides is 1. The highest BCUT2D eigenvalue weighted by Gasteiger charge is 2.28. The Labute approximate surface area is 154 Å². The second kappa shape index (κ2) is 7.84. The summed E-state index contributed by atoms with van der Waals surface area (Å²) in [5.41, 5.74) is 0. The summed E-state index contributed by atoms with van der Waals surface area (Å²) < 4.78 is 37.6. The van der Waals surface area contributed by atoms with Gasteiger partial charge in [0.2, 0.25) is 15.9 Å². The van der Waals surface area contributed by atoms with Gasteiger partial charge in [-0.05, 0) is 25.0 Å². The fraction of sp³-hybridized carbons (Fsp3) is 0.611. The van der Waals surface area contributed by atoms with Crippen LogP contribution in [0, 0.1) is 0 Å². The SMILES string of the molecule is CN(C(=O)CN(C)S(=O)(=O)c1ccc2c(c1)OCCO2)C1CCCCC1. The maximum absolute atomic E-state index is 12.8. The maximum atomic E-state index is 12.8. The number of nitrogens with zero attached hydrogens (tertiary/aromatic N) is 2. The molecule has 0 atom stereocenters. The molecule has 1 heterocycles. The molecule has 0 radical (unpaired) electrons. The van der Waals surface area contributed by atoms with Crippen molar-refractivity contribution >= 4 is 15.9 Å². The summed E-state index contributed by atoms with van der Waals surface area (Å²) in [5, 5.41) is 0. The molecule has 1 aliphatic heterocycles. The molecule has 1 aromatic carbocycles. The van der Waals surface area contributed by atoms with Crippen LogP contribution in [0.2, 0.25) is 0 Å². The highest BCUT2D eigenvalue weighted by Crippen LogP contribution is 2.33. The lowest BCUT2D eigenvalue weighted by Gasteiger charge is -2.32. The van der Waals surface area contributed by atoms with E-state index in [9.17, 15) is 13.2 Å². The van der Waals surface area contributed by atoms with Gasteiger partial charge >= 0.3 is 0 Å². The Morgan fingerprint density at radius 3 is 2.42 bits per heavy atom. The van der Waals surface area contributed by atoms with Crippen LogP contribution < -0.4 is 9.47 Å². The highest BCUT2D eigenvalue weighted by atomic mass is 32.2. The first kappa shape index (κ1) is 19.0.